The number of rotatable bonds is 3. The molecule has 1 saturated carbocycles. The number of hydrogen-bond acceptors (Lipinski definition) is 1. The van der Waals surface area contributed by atoms with E-state index in [4.69, 9.17) is 0 Å². The summed E-state index contributed by atoms with van der Waals surface area (Å²) in [5.74, 6) is 0.950. The Balaban J connectivity index is 2.07. The molecule has 1 aliphatic carbocycles. The third-order valence-electron chi connectivity index (χ3n) is 2.77. The molecule has 1 N–H and O–H groups in total. The molecular formula is C13H17NO. The molecule has 0 aromatic heterocycles. The Morgan fingerprint density at radius 1 is 1.40 bits per heavy atom. The number of carbonyl (C=O) groups excluding carboxylic acids is 1. The first kappa shape index (κ1) is 10.2. The predicted molar refractivity (Wildman–Crippen MR) is 61.9 cm³/mol. The van der Waals surface area contributed by atoms with Crippen LogP contribution in [0.1, 0.15) is 38.2 Å². The second-order valence-electron chi connectivity index (χ2n) is 4.54. The second kappa shape index (κ2) is 4.05. The van der Waals surface area contributed by atoms with E-state index in [1.807, 2.05) is 12.1 Å². The fourth-order valence-electron chi connectivity index (χ4n) is 1.57. The maximum Gasteiger partial charge on any atom is 0.227 e. The lowest BCUT2D eigenvalue weighted by Gasteiger charge is -2.09. The second-order valence-corrected chi connectivity index (χ2v) is 4.54. The summed E-state index contributed by atoms with van der Waals surface area (Å²) < 4.78 is 0. The first-order chi connectivity index (χ1) is 7.16. The van der Waals surface area contributed by atoms with Crippen molar-refractivity contribution in [3.8, 4) is 0 Å². The van der Waals surface area contributed by atoms with E-state index in [2.05, 4.69) is 31.3 Å². The lowest BCUT2D eigenvalue weighted by atomic mass is 10.0. The monoisotopic (exact) mass is 203 g/mol. The summed E-state index contributed by atoms with van der Waals surface area (Å²) in [7, 11) is 0. The van der Waals surface area contributed by atoms with Crippen LogP contribution < -0.4 is 5.32 Å². The zero-order valence-electron chi connectivity index (χ0n) is 9.29. The standard InChI is InChI=1S/C13H17NO/c1-9(2)11-4-3-5-12(8-11)14-13(15)10-6-7-10/h3-5,8-10H,6-7H2,1-2H3,(H,14,15). The fourth-order valence-corrected chi connectivity index (χ4v) is 1.57. The first-order valence-corrected chi connectivity index (χ1v) is 5.57. The summed E-state index contributed by atoms with van der Waals surface area (Å²) in [5, 5.41) is 2.96. The molecule has 0 aliphatic heterocycles. The van der Waals surface area contributed by atoms with Crippen LogP contribution in [0.25, 0.3) is 0 Å². The van der Waals surface area contributed by atoms with Crippen molar-refractivity contribution in [2.75, 3.05) is 5.32 Å². The third kappa shape index (κ3) is 2.58. The quantitative estimate of drug-likeness (QED) is 0.803. The maximum absolute atomic E-state index is 11.5. The summed E-state index contributed by atoms with van der Waals surface area (Å²) in [5.41, 5.74) is 2.20. The van der Waals surface area contributed by atoms with Gasteiger partial charge in [0, 0.05) is 11.6 Å². The van der Waals surface area contributed by atoms with Crippen molar-refractivity contribution in [1.29, 1.82) is 0 Å². The van der Waals surface area contributed by atoms with Gasteiger partial charge in [-0.05, 0) is 36.5 Å². The maximum atomic E-state index is 11.5. The summed E-state index contributed by atoms with van der Waals surface area (Å²) in [6.07, 6.45) is 2.10. The lowest BCUT2D eigenvalue weighted by molar-refractivity contribution is -0.117. The molecule has 1 fully saturated rings. The van der Waals surface area contributed by atoms with Crippen molar-refractivity contribution in [2.45, 2.75) is 32.6 Å². The number of nitrogens with one attached hydrogen (secondary N) is 1. The molecule has 0 saturated heterocycles. The van der Waals surface area contributed by atoms with Crippen molar-refractivity contribution in [3.63, 3.8) is 0 Å². The van der Waals surface area contributed by atoms with Crippen LogP contribution in [0.5, 0.6) is 0 Å². The van der Waals surface area contributed by atoms with Gasteiger partial charge in [-0.25, -0.2) is 0 Å². The van der Waals surface area contributed by atoms with E-state index in [-0.39, 0.29) is 11.8 Å². The van der Waals surface area contributed by atoms with Gasteiger partial charge in [0.15, 0.2) is 0 Å². The molecule has 2 rings (SSSR count). The van der Waals surface area contributed by atoms with E-state index in [0.29, 0.717) is 5.92 Å². The van der Waals surface area contributed by atoms with Crippen molar-refractivity contribution in [1.82, 2.24) is 0 Å². The van der Waals surface area contributed by atoms with Crippen LogP contribution in [0.3, 0.4) is 0 Å². The number of anilines is 1. The highest BCUT2D eigenvalue weighted by atomic mass is 16.2. The van der Waals surface area contributed by atoms with E-state index in [1.165, 1.54) is 5.56 Å². The topological polar surface area (TPSA) is 29.1 Å². The highest BCUT2D eigenvalue weighted by Crippen LogP contribution is 2.30. The molecule has 0 bridgehead atoms. The molecule has 15 heavy (non-hydrogen) atoms. The Hall–Kier alpha value is -1.31. The normalized spacial score (nSPS) is 15.4. The Bertz CT molecular complexity index is 367. The van der Waals surface area contributed by atoms with Crippen LogP contribution in [0.4, 0.5) is 5.69 Å². The van der Waals surface area contributed by atoms with Gasteiger partial charge < -0.3 is 5.32 Å². The van der Waals surface area contributed by atoms with E-state index >= 15 is 0 Å². The minimum atomic E-state index is 0.177. The van der Waals surface area contributed by atoms with E-state index in [9.17, 15) is 4.79 Å². The van der Waals surface area contributed by atoms with Crippen LogP contribution in [-0.2, 0) is 4.79 Å². The van der Waals surface area contributed by atoms with Gasteiger partial charge in [-0.3, -0.25) is 4.79 Å². The van der Waals surface area contributed by atoms with Gasteiger partial charge in [-0.15, -0.1) is 0 Å². The molecule has 0 spiro atoms. The van der Waals surface area contributed by atoms with Crippen LogP contribution in [0.2, 0.25) is 0 Å². The largest absolute Gasteiger partial charge is 0.326 e. The molecule has 1 aromatic rings. The molecule has 1 aliphatic rings. The van der Waals surface area contributed by atoms with Crippen LogP contribution in [-0.4, -0.2) is 5.91 Å². The number of benzene rings is 1. The number of hydrogen-bond donors (Lipinski definition) is 1. The zero-order valence-corrected chi connectivity index (χ0v) is 9.29. The van der Waals surface area contributed by atoms with E-state index in [0.717, 1.165) is 18.5 Å². The molecule has 2 heteroatoms. The van der Waals surface area contributed by atoms with Gasteiger partial charge in [0.2, 0.25) is 5.91 Å². The third-order valence-corrected chi connectivity index (χ3v) is 2.77. The minimum absolute atomic E-state index is 0.177. The van der Waals surface area contributed by atoms with Gasteiger partial charge in [-0.2, -0.15) is 0 Å². The molecule has 0 radical (unpaired) electrons. The summed E-state index contributed by atoms with van der Waals surface area (Å²) in [6.45, 7) is 4.31. The molecule has 0 atom stereocenters. The predicted octanol–water partition coefficient (Wildman–Crippen LogP) is 3.16. The van der Waals surface area contributed by atoms with Crippen LogP contribution in [0, 0.1) is 5.92 Å². The van der Waals surface area contributed by atoms with Gasteiger partial charge in [0.25, 0.3) is 0 Å². The number of carbonyl (C=O) groups is 1. The molecule has 80 valence electrons. The zero-order chi connectivity index (χ0) is 10.8. The van der Waals surface area contributed by atoms with Gasteiger partial charge in [0.05, 0.1) is 0 Å². The molecule has 0 heterocycles. The molecular weight excluding hydrogens is 186 g/mol. The summed E-state index contributed by atoms with van der Waals surface area (Å²) in [6, 6.07) is 8.10. The minimum Gasteiger partial charge on any atom is -0.326 e. The van der Waals surface area contributed by atoms with Crippen LogP contribution >= 0.6 is 0 Å². The van der Waals surface area contributed by atoms with Crippen molar-refractivity contribution in [2.24, 2.45) is 5.92 Å². The Kier molecular flexibility index (Phi) is 2.76. The Morgan fingerprint density at radius 2 is 2.13 bits per heavy atom. The fraction of sp³-hybridized carbons (Fsp3) is 0.462. The van der Waals surface area contributed by atoms with Crippen molar-refractivity contribution in [3.05, 3.63) is 29.8 Å². The molecule has 2 nitrogen and oxygen atoms in total. The highest BCUT2D eigenvalue weighted by molar-refractivity contribution is 5.94. The Morgan fingerprint density at radius 3 is 2.73 bits per heavy atom. The molecule has 1 amide bonds. The summed E-state index contributed by atoms with van der Waals surface area (Å²) in [4.78, 5) is 11.5. The van der Waals surface area contributed by atoms with E-state index < -0.39 is 0 Å². The van der Waals surface area contributed by atoms with Gasteiger partial charge in [0.1, 0.15) is 0 Å². The average Bonchev–Trinajstić information content (AvgIpc) is 3.01. The van der Waals surface area contributed by atoms with Gasteiger partial charge in [-0.1, -0.05) is 26.0 Å². The van der Waals surface area contributed by atoms with Crippen molar-refractivity contribution < 1.29 is 4.79 Å². The number of amides is 1. The van der Waals surface area contributed by atoms with Crippen LogP contribution in [0.15, 0.2) is 24.3 Å². The van der Waals surface area contributed by atoms with E-state index in [1.54, 1.807) is 0 Å². The smallest absolute Gasteiger partial charge is 0.227 e. The SMILES string of the molecule is CC(C)c1cccc(NC(=O)C2CC2)c1. The molecule has 1 aromatic carbocycles. The summed E-state index contributed by atoms with van der Waals surface area (Å²) >= 11 is 0. The average molecular weight is 203 g/mol. The van der Waals surface area contributed by atoms with Crippen molar-refractivity contribution >= 4 is 11.6 Å². The van der Waals surface area contributed by atoms with Gasteiger partial charge >= 0.3 is 0 Å². The molecule has 0 unspecified atom stereocenters. The highest BCUT2D eigenvalue weighted by Gasteiger charge is 2.29. The Labute approximate surface area is 90.7 Å². The first-order valence-electron chi connectivity index (χ1n) is 5.57. The lowest BCUT2D eigenvalue weighted by Crippen LogP contribution is -2.13.